The SMILES string of the molecule is [CH2-]c1ccc(OC)cc1.[Mo]. The Kier molecular flexibility index (Phi) is 4.22. The van der Waals surface area contributed by atoms with Crippen molar-refractivity contribution in [2.24, 2.45) is 0 Å². The molecule has 2 heteroatoms. The van der Waals surface area contributed by atoms with Crippen LogP contribution in [0.25, 0.3) is 0 Å². The fourth-order valence-electron chi connectivity index (χ4n) is 0.626. The molecule has 54 valence electrons. The van der Waals surface area contributed by atoms with Gasteiger partial charge in [0.2, 0.25) is 0 Å². The van der Waals surface area contributed by atoms with Crippen LogP contribution in [0.4, 0.5) is 0 Å². The summed E-state index contributed by atoms with van der Waals surface area (Å²) < 4.78 is 4.94. The van der Waals surface area contributed by atoms with E-state index in [2.05, 4.69) is 6.92 Å². The molecular weight excluding hydrogens is 208 g/mol. The van der Waals surface area contributed by atoms with E-state index in [0.29, 0.717) is 0 Å². The molecule has 0 radical (unpaired) electrons. The van der Waals surface area contributed by atoms with Crippen molar-refractivity contribution in [3.8, 4) is 5.75 Å². The number of hydrogen-bond donors (Lipinski definition) is 0. The third kappa shape index (κ3) is 2.45. The van der Waals surface area contributed by atoms with Gasteiger partial charge in [0.1, 0.15) is 0 Å². The van der Waals surface area contributed by atoms with Crippen molar-refractivity contribution >= 4 is 0 Å². The minimum absolute atomic E-state index is 0. The van der Waals surface area contributed by atoms with Crippen LogP contribution in [0.1, 0.15) is 5.56 Å². The fourth-order valence-corrected chi connectivity index (χ4v) is 0.626. The van der Waals surface area contributed by atoms with Crippen molar-refractivity contribution in [1.29, 1.82) is 0 Å². The third-order valence-electron chi connectivity index (χ3n) is 1.16. The smallest absolute Gasteiger partial charge is 0.0943 e. The Bertz CT molecular complexity index is 181. The normalized spacial score (nSPS) is 8.10. The predicted molar refractivity (Wildman–Crippen MR) is 37.5 cm³/mol. The van der Waals surface area contributed by atoms with Gasteiger partial charge in [-0.1, -0.05) is 12.1 Å². The quantitative estimate of drug-likeness (QED) is 0.515. The van der Waals surface area contributed by atoms with E-state index < -0.39 is 0 Å². The maximum atomic E-state index is 4.94. The van der Waals surface area contributed by atoms with Crippen molar-refractivity contribution < 1.29 is 25.8 Å². The molecule has 0 saturated heterocycles. The molecule has 0 N–H and O–H groups in total. The van der Waals surface area contributed by atoms with E-state index in [9.17, 15) is 0 Å². The van der Waals surface area contributed by atoms with Gasteiger partial charge in [-0.15, -0.1) is 0 Å². The first-order valence-corrected chi connectivity index (χ1v) is 2.79. The minimum atomic E-state index is 0. The van der Waals surface area contributed by atoms with Gasteiger partial charge in [-0.05, 0) is 0 Å². The third-order valence-corrected chi connectivity index (χ3v) is 1.16. The van der Waals surface area contributed by atoms with Gasteiger partial charge in [-0.2, -0.15) is 24.6 Å². The summed E-state index contributed by atoms with van der Waals surface area (Å²) in [6.45, 7) is 3.74. The first-order chi connectivity index (χ1) is 4.33. The molecule has 10 heavy (non-hydrogen) atoms. The van der Waals surface area contributed by atoms with E-state index in [1.165, 1.54) is 0 Å². The number of ether oxygens (including phenoxy) is 1. The van der Waals surface area contributed by atoms with E-state index in [4.69, 9.17) is 4.74 Å². The van der Waals surface area contributed by atoms with Crippen LogP contribution in [0.15, 0.2) is 24.3 Å². The van der Waals surface area contributed by atoms with Crippen LogP contribution in [0.3, 0.4) is 0 Å². The summed E-state index contributed by atoms with van der Waals surface area (Å²) in [6, 6.07) is 7.61. The van der Waals surface area contributed by atoms with Crippen LogP contribution in [0.5, 0.6) is 5.75 Å². The molecule has 0 aliphatic rings. The second-order valence-corrected chi connectivity index (χ2v) is 1.85. The Morgan fingerprint density at radius 3 is 2.10 bits per heavy atom. The molecule has 0 atom stereocenters. The van der Waals surface area contributed by atoms with E-state index in [0.717, 1.165) is 11.3 Å². The molecule has 1 rings (SSSR count). The second kappa shape index (κ2) is 4.40. The number of hydrogen-bond acceptors (Lipinski definition) is 1. The van der Waals surface area contributed by atoms with Gasteiger partial charge in [0.05, 0.1) is 12.9 Å². The summed E-state index contributed by atoms with van der Waals surface area (Å²) in [5, 5.41) is 0. The molecule has 0 aromatic heterocycles. The van der Waals surface area contributed by atoms with Crippen LogP contribution in [0.2, 0.25) is 0 Å². The van der Waals surface area contributed by atoms with Gasteiger partial charge in [0, 0.05) is 21.1 Å². The van der Waals surface area contributed by atoms with Crippen LogP contribution >= 0.6 is 0 Å². The molecule has 0 amide bonds. The zero-order valence-corrected chi connectivity index (χ0v) is 7.84. The van der Waals surface area contributed by atoms with E-state index in [1.54, 1.807) is 7.11 Å². The van der Waals surface area contributed by atoms with Crippen molar-refractivity contribution in [2.75, 3.05) is 7.11 Å². The van der Waals surface area contributed by atoms with Crippen molar-refractivity contribution in [3.63, 3.8) is 0 Å². The second-order valence-electron chi connectivity index (χ2n) is 1.85. The first-order valence-electron chi connectivity index (χ1n) is 2.79. The Labute approximate surface area is 75.7 Å². The average Bonchev–Trinajstić information content (AvgIpc) is 1.90. The van der Waals surface area contributed by atoms with Crippen LogP contribution < -0.4 is 4.74 Å². The minimum Gasteiger partial charge on any atom is -0.499 e. The van der Waals surface area contributed by atoms with Gasteiger partial charge in [-0.3, -0.25) is 0 Å². The van der Waals surface area contributed by atoms with Gasteiger partial charge >= 0.3 is 0 Å². The zero-order valence-electron chi connectivity index (χ0n) is 5.83. The molecule has 0 fully saturated rings. The molecule has 0 saturated carbocycles. The summed E-state index contributed by atoms with van der Waals surface area (Å²) in [7, 11) is 1.65. The Balaban J connectivity index is 0.000000810. The topological polar surface area (TPSA) is 9.23 Å². The molecule has 0 spiro atoms. The van der Waals surface area contributed by atoms with Gasteiger partial charge in [0.25, 0.3) is 0 Å². The first kappa shape index (κ1) is 9.58. The van der Waals surface area contributed by atoms with E-state index in [1.807, 2.05) is 24.3 Å². The summed E-state index contributed by atoms with van der Waals surface area (Å²) in [6.07, 6.45) is 0. The largest absolute Gasteiger partial charge is 0.499 e. The summed E-state index contributed by atoms with van der Waals surface area (Å²) >= 11 is 0. The molecule has 0 aliphatic heterocycles. The summed E-state index contributed by atoms with van der Waals surface area (Å²) in [5.74, 6) is 0.877. The van der Waals surface area contributed by atoms with Crippen molar-refractivity contribution in [3.05, 3.63) is 36.8 Å². The fraction of sp³-hybridized carbons (Fsp3) is 0.125. The Morgan fingerprint density at radius 2 is 1.70 bits per heavy atom. The zero-order chi connectivity index (χ0) is 6.69. The molecule has 0 bridgehead atoms. The van der Waals surface area contributed by atoms with Crippen LogP contribution in [-0.2, 0) is 21.1 Å². The average molecular weight is 217 g/mol. The predicted octanol–water partition coefficient (Wildman–Crippen LogP) is 1.87. The molecule has 0 aliphatic carbocycles. The molecule has 1 aromatic carbocycles. The van der Waals surface area contributed by atoms with Gasteiger partial charge in [0.15, 0.2) is 0 Å². The molecule has 0 heterocycles. The summed E-state index contributed by atoms with van der Waals surface area (Å²) in [4.78, 5) is 0. The Morgan fingerprint density at radius 1 is 1.20 bits per heavy atom. The molecule has 0 unspecified atom stereocenters. The Hall–Kier alpha value is -0.422. The summed E-state index contributed by atoms with van der Waals surface area (Å²) in [5.41, 5.74) is 1.01. The van der Waals surface area contributed by atoms with Gasteiger partial charge < -0.3 is 4.74 Å². The van der Waals surface area contributed by atoms with E-state index >= 15 is 0 Å². The van der Waals surface area contributed by atoms with Gasteiger partial charge in [-0.25, -0.2) is 0 Å². The van der Waals surface area contributed by atoms with Crippen molar-refractivity contribution in [1.82, 2.24) is 0 Å². The van der Waals surface area contributed by atoms with E-state index in [-0.39, 0.29) is 21.1 Å². The molecular formula is C8H9MoO-. The number of rotatable bonds is 1. The standard InChI is InChI=1S/C8H9O.Mo/c1-7-3-5-8(9-2)6-4-7;/h3-6H,1H2,2H3;/q-1;. The molecule has 1 aromatic rings. The monoisotopic (exact) mass is 219 g/mol. The number of benzene rings is 1. The van der Waals surface area contributed by atoms with Crippen LogP contribution in [0, 0.1) is 6.92 Å². The van der Waals surface area contributed by atoms with Crippen LogP contribution in [-0.4, -0.2) is 7.11 Å². The van der Waals surface area contributed by atoms with Crippen molar-refractivity contribution in [2.45, 2.75) is 0 Å². The maximum absolute atomic E-state index is 4.94. The number of methoxy groups -OCH3 is 1. The maximum Gasteiger partial charge on any atom is 0.0943 e. The molecule has 1 nitrogen and oxygen atoms in total.